The van der Waals surface area contributed by atoms with Crippen LogP contribution in [0.25, 0.3) is 0 Å². The third-order valence-electron chi connectivity index (χ3n) is 2.47. The van der Waals surface area contributed by atoms with Gasteiger partial charge in [-0.1, -0.05) is 13.8 Å². The predicted molar refractivity (Wildman–Crippen MR) is 56.0 cm³/mol. The van der Waals surface area contributed by atoms with Gasteiger partial charge in [0.15, 0.2) is 0 Å². The molecule has 0 aliphatic rings. The highest BCUT2D eigenvalue weighted by atomic mass is 16.3. The minimum absolute atomic E-state index is 0.0729. The molecule has 1 rings (SSSR count). The number of aliphatic hydroxyl groups is 1. The number of aliphatic hydroxyl groups excluding tert-OH is 1. The van der Waals surface area contributed by atoms with Gasteiger partial charge in [-0.05, 0) is 19.8 Å². The van der Waals surface area contributed by atoms with Crippen LogP contribution in [0.1, 0.15) is 38.1 Å². The molecule has 1 N–H and O–H groups in total. The second kappa shape index (κ2) is 4.51. The van der Waals surface area contributed by atoms with Gasteiger partial charge in [0.1, 0.15) is 0 Å². The highest BCUT2D eigenvalue weighted by Gasteiger charge is 2.24. The summed E-state index contributed by atoms with van der Waals surface area (Å²) < 4.78 is 0. The molecule has 0 aliphatic carbocycles. The number of hydrogen-bond donors (Lipinski definition) is 1. The molecule has 0 amide bonds. The summed E-state index contributed by atoms with van der Waals surface area (Å²) in [5.74, 6) is 0.439. The lowest BCUT2D eigenvalue weighted by molar-refractivity contribution is 0.137. The van der Waals surface area contributed by atoms with E-state index in [9.17, 15) is 5.11 Å². The Balaban J connectivity index is 3.05. The van der Waals surface area contributed by atoms with Crippen LogP contribution in [0.3, 0.4) is 0 Å². The van der Waals surface area contributed by atoms with Gasteiger partial charge >= 0.3 is 0 Å². The number of hydrogen-bond acceptors (Lipinski definition) is 3. The highest BCUT2D eigenvalue weighted by molar-refractivity contribution is 5.16. The third-order valence-corrected chi connectivity index (χ3v) is 2.47. The fourth-order valence-corrected chi connectivity index (χ4v) is 1.85. The number of aryl methyl sites for hydroxylation is 1. The van der Waals surface area contributed by atoms with Gasteiger partial charge in [-0.2, -0.15) is 0 Å². The molecule has 0 bridgehead atoms. The maximum Gasteiger partial charge on any atom is 0.0674 e. The van der Waals surface area contributed by atoms with Crippen LogP contribution >= 0.6 is 0 Å². The first-order chi connectivity index (χ1) is 6.54. The Bertz CT molecular complexity index is 289. The summed E-state index contributed by atoms with van der Waals surface area (Å²) in [5.41, 5.74) is 1.82. The molecular weight excluding hydrogens is 176 g/mol. The molecule has 0 spiro atoms. The van der Waals surface area contributed by atoms with Crippen LogP contribution in [-0.2, 0) is 0 Å². The first-order valence-corrected chi connectivity index (χ1v) is 4.99. The standard InChI is InChI=1S/C11H18N2O/c1-7(2)10(9(4)14)11-8(3)12-5-6-13-11/h5-7,9-10,14H,1-4H3. The third kappa shape index (κ3) is 2.29. The quantitative estimate of drug-likeness (QED) is 0.799. The summed E-state index contributed by atoms with van der Waals surface area (Å²) in [4.78, 5) is 8.49. The molecule has 0 fully saturated rings. The Hall–Kier alpha value is -0.960. The summed E-state index contributed by atoms with van der Waals surface area (Å²) in [7, 11) is 0. The molecule has 78 valence electrons. The maximum atomic E-state index is 9.69. The highest BCUT2D eigenvalue weighted by Crippen LogP contribution is 2.27. The lowest BCUT2D eigenvalue weighted by atomic mass is 9.87. The lowest BCUT2D eigenvalue weighted by Gasteiger charge is -2.23. The van der Waals surface area contributed by atoms with Gasteiger partial charge in [0.2, 0.25) is 0 Å². The van der Waals surface area contributed by atoms with Crippen LogP contribution in [-0.4, -0.2) is 21.2 Å². The second-order valence-corrected chi connectivity index (χ2v) is 4.04. The van der Waals surface area contributed by atoms with Crippen LogP contribution in [0.4, 0.5) is 0 Å². The van der Waals surface area contributed by atoms with Gasteiger partial charge < -0.3 is 5.11 Å². The molecule has 1 aromatic heterocycles. The van der Waals surface area contributed by atoms with Crippen molar-refractivity contribution in [2.45, 2.75) is 39.7 Å². The van der Waals surface area contributed by atoms with E-state index in [1.165, 1.54) is 0 Å². The molecule has 3 nitrogen and oxygen atoms in total. The van der Waals surface area contributed by atoms with E-state index in [0.29, 0.717) is 5.92 Å². The molecule has 14 heavy (non-hydrogen) atoms. The smallest absolute Gasteiger partial charge is 0.0674 e. The molecule has 0 aliphatic heterocycles. The van der Waals surface area contributed by atoms with Crippen LogP contribution in [0.5, 0.6) is 0 Å². The van der Waals surface area contributed by atoms with E-state index in [0.717, 1.165) is 11.4 Å². The van der Waals surface area contributed by atoms with Crippen molar-refractivity contribution < 1.29 is 5.11 Å². The van der Waals surface area contributed by atoms with E-state index < -0.39 is 0 Å². The first kappa shape index (κ1) is 11.1. The Kier molecular flexibility index (Phi) is 3.58. The van der Waals surface area contributed by atoms with Gasteiger partial charge in [0.05, 0.1) is 17.5 Å². The molecule has 1 heterocycles. The second-order valence-electron chi connectivity index (χ2n) is 4.04. The van der Waals surface area contributed by atoms with Crippen molar-refractivity contribution in [3.8, 4) is 0 Å². The van der Waals surface area contributed by atoms with Crippen molar-refractivity contribution in [1.29, 1.82) is 0 Å². The monoisotopic (exact) mass is 194 g/mol. The number of nitrogens with zero attached hydrogens (tertiary/aromatic N) is 2. The van der Waals surface area contributed by atoms with Gasteiger partial charge in [-0.3, -0.25) is 9.97 Å². The Labute approximate surface area is 85.2 Å². The topological polar surface area (TPSA) is 46.0 Å². The van der Waals surface area contributed by atoms with Crippen LogP contribution in [0.2, 0.25) is 0 Å². The van der Waals surface area contributed by atoms with E-state index in [1.807, 2.05) is 6.92 Å². The largest absolute Gasteiger partial charge is 0.393 e. The van der Waals surface area contributed by atoms with Gasteiger partial charge in [0, 0.05) is 18.3 Å². The minimum Gasteiger partial charge on any atom is -0.393 e. The average Bonchev–Trinajstić information content (AvgIpc) is 2.07. The van der Waals surface area contributed by atoms with Gasteiger partial charge in [0.25, 0.3) is 0 Å². The van der Waals surface area contributed by atoms with Crippen molar-refractivity contribution in [2.75, 3.05) is 0 Å². The summed E-state index contributed by atoms with van der Waals surface area (Å²) in [6, 6.07) is 0. The SMILES string of the molecule is Cc1nccnc1C(C(C)C)C(C)O. The normalized spacial score (nSPS) is 15.6. The number of aromatic nitrogens is 2. The summed E-state index contributed by atoms with van der Waals surface area (Å²) >= 11 is 0. The van der Waals surface area contributed by atoms with Crippen molar-refractivity contribution >= 4 is 0 Å². The van der Waals surface area contributed by atoms with Crippen molar-refractivity contribution in [3.05, 3.63) is 23.8 Å². The van der Waals surface area contributed by atoms with E-state index in [2.05, 4.69) is 23.8 Å². The average molecular weight is 194 g/mol. The Morgan fingerprint density at radius 1 is 1.14 bits per heavy atom. The molecule has 3 heteroatoms. The van der Waals surface area contributed by atoms with E-state index in [1.54, 1.807) is 19.3 Å². The molecule has 0 saturated heterocycles. The summed E-state index contributed by atoms with van der Waals surface area (Å²) in [6.07, 6.45) is 2.98. The molecule has 0 aromatic carbocycles. The number of rotatable bonds is 3. The zero-order valence-corrected chi connectivity index (χ0v) is 9.23. The van der Waals surface area contributed by atoms with E-state index in [-0.39, 0.29) is 12.0 Å². The zero-order valence-electron chi connectivity index (χ0n) is 9.23. The Morgan fingerprint density at radius 2 is 1.71 bits per heavy atom. The summed E-state index contributed by atoms with van der Waals surface area (Å²) in [5, 5.41) is 9.69. The molecule has 2 unspecified atom stereocenters. The van der Waals surface area contributed by atoms with Crippen molar-refractivity contribution in [1.82, 2.24) is 9.97 Å². The molecule has 2 atom stereocenters. The molecule has 1 aromatic rings. The van der Waals surface area contributed by atoms with Gasteiger partial charge in [-0.25, -0.2) is 0 Å². The Morgan fingerprint density at radius 3 is 2.14 bits per heavy atom. The summed E-state index contributed by atoms with van der Waals surface area (Å²) in [6.45, 7) is 7.91. The van der Waals surface area contributed by atoms with Crippen LogP contribution in [0.15, 0.2) is 12.4 Å². The zero-order chi connectivity index (χ0) is 10.7. The van der Waals surface area contributed by atoms with Crippen LogP contribution < -0.4 is 0 Å². The molecule has 0 saturated carbocycles. The lowest BCUT2D eigenvalue weighted by Crippen LogP contribution is -2.22. The fraction of sp³-hybridized carbons (Fsp3) is 0.636. The van der Waals surface area contributed by atoms with Gasteiger partial charge in [-0.15, -0.1) is 0 Å². The van der Waals surface area contributed by atoms with Crippen molar-refractivity contribution in [2.24, 2.45) is 5.92 Å². The first-order valence-electron chi connectivity index (χ1n) is 4.99. The maximum absolute atomic E-state index is 9.69. The van der Waals surface area contributed by atoms with Crippen molar-refractivity contribution in [3.63, 3.8) is 0 Å². The fourth-order valence-electron chi connectivity index (χ4n) is 1.85. The molecular formula is C11H18N2O. The van der Waals surface area contributed by atoms with E-state index >= 15 is 0 Å². The molecule has 0 radical (unpaired) electrons. The van der Waals surface area contributed by atoms with E-state index in [4.69, 9.17) is 0 Å². The minimum atomic E-state index is -0.384. The predicted octanol–water partition coefficient (Wildman–Crippen LogP) is 1.91. The van der Waals surface area contributed by atoms with Crippen LogP contribution in [0, 0.1) is 12.8 Å².